The summed E-state index contributed by atoms with van der Waals surface area (Å²) in [4.78, 5) is 10.6. The van der Waals surface area contributed by atoms with Crippen LogP contribution in [0.3, 0.4) is 0 Å². The van der Waals surface area contributed by atoms with Gasteiger partial charge in [0.15, 0.2) is 0 Å². The van der Waals surface area contributed by atoms with Crippen LogP contribution < -0.4 is 0 Å². The van der Waals surface area contributed by atoms with Gasteiger partial charge < -0.3 is 5.11 Å². The Morgan fingerprint density at radius 2 is 2.13 bits per heavy atom. The molecule has 0 aliphatic heterocycles. The number of hydrogen-bond donors (Lipinski definition) is 1. The van der Waals surface area contributed by atoms with Crippen LogP contribution in [-0.2, 0) is 11.2 Å². The molecule has 1 aromatic rings. The van der Waals surface area contributed by atoms with Crippen molar-refractivity contribution in [3.8, 4) is 0 Å². The first-order chi connectivity index (χ1) is 7.15. The molecule has 0 amide bonds. The second-order valence-corrected chi connectivity index (χ2v) is 3.30. The molecule has 0 aromatic heterocycles. The van der Waals surface area contributed by atoms with Gasteiger partial charge in [0.05, 0.1) is 0 Å². The summed E-state index contributed by atoms with van der Waals surface area (Å²) in [6, 6.07) is 7.81. The van der Waals surface area contributed by atoms with Crippen molar-refractivity contribution in [1.82, 2.24) is 0 Å². The topological polar surface area (TPSA) is 37.3 Å². The standard InChI is InChI=1S/C13H14O2/c1-3-11-6-4-5-7-12(11)9-8-10(2)13(14)15/h3-8H,1,9H2,2H3,(H,14,15). The van der Waals surface area contributed by atoms with E-state index in [1.54, 1.807) is 19.1 Å². The van der Waals surface area contributed by atoms with Crippen molar-refractivity contribution in [3.63, 3.8) is 0 Å². The SMILES string of the molecule is C=Cc1ccccc1CC=C(C)C(=O)O. The van der Waals surface area contributed by atoms with Crippen LogP contribution in [0.5, 0.6) is 0 Å². The lowest BCUT2D eigenvalue weighted by atomic mass is 10.0. The van der Waals surface area contributed by atoms with Gasteiger partial charge in [-0.3, -0.25) is 0 Å². The van der Waals surface area contributed by atoms with E-state index in [4.69, 9.17) is 5.11 Å². The molecule has 0 bridgehead atoms. The van der Waals surface area contributed by atoms with E-state index in [9.17, 15) is 4.79 Å². The van der Waals surface area contributed by atoms with E-state index in [1.165, 1.54) is 0 Å². The second kappa shape index (κ2) is 5.15. The molecule has 0 radical (unpaired) electrons. The van der Waals surface area contributed by atoms with Gasteiger partial charge in [0.1, 0.15) is 0 Å². The van der Waals surface area contributed by atoms with Crippen molar-refractivity contribution in [1.29, 1.82) is 0 Å². The Hall–Kier alpha value is -1.83. The van der Waals surface area contributed by atoms with E-state index < -0.39 is 5.97 Å². The van der Waals surface area contributed by atoms with Crippen LogP contribution in [0.25, 0.3) is 6.08 Å². The van der Waals surface area contributed by atoms with Crippen molar-refractivity contribution in [2.24, 2.45) is 0 Å². The molecule has 0 heterocycles. The number of rotatable bonds is 4. The van der Waals surface area contributed by atoms with E-state index in [2.05, 4.69) is 6.58 Å². The van der Waals surface area contributed by atoms with Crippen LogP contribution in [0, 0.1) is 0 Å². The second-order valence-electron chi connectivity index (χ2n) is 3.30. The van der Waals surface area contributed by atoms with Crippen molar-refractivity contribution in [3.05, 3.63) is 53.6 Å². The van der Waals surface area contributed by atoms with E-state index in [0.717, 1.165) is 11.1 Å². The molecule has 0 aliphatic rings. The smallest absolute Gasteiger partial charge is 0.330 e. The summed E-state index contributed by atoms with van der Waals surface area (Å²) in [5, 5.41) is 8.70. The zero-order valence-electron chi connectivity index (χ0n) is 8.73. The van der Waals surface area contributed by atoms with Gasteiger partial charge in [-0.05, 0) is 24.5 Å². The Kier molecular flexibility index (Phi) is 3.86. The first-order valence-electron chi connectivity index (χ1n) is 4.75. The molecule has 0 saturated heterocycles. The van der Waals surface area contributed by atoms with Gasteiger partial charge in [-0.1, -0.05) is 43.0 Å². The Morgan fingerprint density at radius 1 is 1.47 bits per heavy atom. The minimum Gasteiger partial charge on any atom is -0.478 e. The number of carboxylic acids is 1. The zero-order chi connectivity index (χ0) is 11.3. The fourth-order valence-electron chi connectivity index (χ4n) is 1.27. The van der Waals surface area contributed by atoms with E-state index >= 15 is 0 Å². The highest BCUT2D eigenvalue weighted by Gasteiger charge is 2.00. The minimum absolute atomic E-state index is 0.369. The molecule has 1 rings (SSSR count). The molecular formula is C13H14O2. The summed E-state index contributed by atoms with van der Waals surface area (Å²) >= 11 is 0. The molecule has 0 saturated carbocycles. The fraction of sp³-hybridized carbons (Fsp3) is 0.154. The lowest BCUT2D eigenvalue weighted by Gasteiger charge is -2.02. The third kappa shape index (κ3) is 3.09. The Morgan fingerprint density at radius 3 is 2.73 bits per heavy atom. The Balaban J connectivity index is 2.85. The predicted molar refractivity (Wildman–Crippen MR) is 61.6 cm³/mol. The van der Waals surface area contributed by atoms with Crippen LogP contribution in [0.4, 0.5) is 0 Å². The molecule has 1 N–H and O–H groups in total. The van der Waals surface area contributed by atoms with Gasteiger partial charge in [0, 0.05) is 5.57 Å². The quantitative estimate of drug-likeness (QED) is 0.762. The van der Waals surface area contributed by atoms with E-state index in [-0.39, 0.29) is 0 Å². The normalized spacial score (nSPS) is 11.1. The van der Waals surface area contributed by atoms with Crippen LogP contribution >= 0.6 is 0 Å². The summed E-state index contributed by atoms with van der Waals surface area (Å²) in [5.74, 6) is -0.869. The van der Waals surface area contributed by atoms with Gasteiger partial charge in [-0.25, -0.2) is 4.79 Å². The predicted octanol–water partition coefficient (Wildman–Crippen LogP) is 2.90. The first-order valence-corrected chi connectivity index (χ1v) is 4.75. The average molecular weight is 202 g/mol. The number of hydrogen-bond acceptors (Lipinski definition) is 1. The highest BCUT2D eigenvalue weighted by Crippen LogP contribution is 2.12. The molecule has 78 valence electrons. The molecule has 0 spiro atoms. The maximum Gasteiger partial charge on any atom is 0.330 e. The summed E-state index contributed by atoms with van der Waals surface area (Å²) in [6.07, 6.45) is 4.12. The molecular weight excluding hydrogens is 188 g/mol. The van der Waals surface area contributed by atoms with Gasteiger partial charge in [0.25, 0.3) is 0 Å². The fourth-order valence-corrected chi connectivity index (χ4v) is 1.27. The van der Waals surface area contributed by atoms with Crippen LogP contribution in [0.2, 0.25) is 0 Å². The molecule has 0 fully saturated rings. The van der Waals surface area contributed by atoms with E-state index in [0.29, 0.717) is 12.0 Å². The molecule has 15 heavy (non-hydrogen) atoms. The van der Waals surface area contributed by atoms with Crippen LogP contribution in [0.1, 0.15) is 18.1 Å². The summed E-state index contributed by atoms with van der Waals surface area (Å²) < 4.78 is 0. The maximum atomic E-state index is 10.6. The lowest BCUT2D eigenvalue weighted by molar-refractivity contribution is -0.132. The molecule has 0 unspecified atom stereocenters. The summed E-state index contributed by atoms with van der Waals surface area (Å²) in [7, 11) is 0. The first kappa shape index (κ1) is 11.2. The number of carbonyl (C=O) groups is 1. The van der Waals surface area contributed by atoms with Gasteiger partial charge in [-0.15, -0.1) is 0 Å². The van der Waals surface area contributed by atoms with Crippen molar-refractivity contribution in [2.75, 3.05) is 0 Å². The summed E-state index contributed by atoms with van der Waals surface area (Å²) in [6.45, 7) is 5.31. The number of allylic oxidation sites excluding steroid dienone is 1. The highest BCUT2D eigenvalue weighted by molar-refractivity contribution is 5.85. The largest absolute Gasteiger partial charge is 0.478 e. The Labute approximate surface area is 89.6 Å². The summed E-state index contributed by atoms with van der Waals surface area (Å²) in [5.41, 5.74) is 2.51. The van der Waals surface area contributed by atoms with Crippen LogP contribution in [-0.4, -0.2) is 11.1 Å². The third-order valence-corrected chi connectivity index (χ3v) is 2.24. The molecule has 2 heteroatoms. The lowest BCUT2D eigenvalue weighted by Crippen LogP contribution is -1.97. The number of benzene rings is 1. The van der Waals surface area contributed by atoms with E-state index in [1.807, 2.05) is 24.3 Å². The van der Waals surface area contributed by atoms with Crippen molar-refractivity contribution >= 4 is 12.0 Å². The monoisotopic (exact) mass is 202 g/mol. The van der Waals surface area contributed by atoms with Gasteiger partial charge >= 0.3 is 5.97 Å². The van der Waals surface area contributed by atoms with Crippen LogP contribution in [0.15, 0.2) is 42.5 Å². The molecule has 0 aliphatic carbocycles. The van der Waals surface area contributed by atoms with Gasteiger partial charge in [0.2, 0.25) is 0 Å². The Bertz CT molecular complexity index is 403. The van der Waals surface area contributed by atoms with Crippen molar-refractivity contribution < 1.29 is 9.90 Å². The minimum atomic E-state index is -0.869. The molecule has 0 atom stereocenters. The number of carboxylic acid groups (broad SMARTS) is 1. The van der Waals surface area contributed by atoms with Crippen molar-refractivity contribution in [2.45, 2.75) is 13.3 Å². The average Bonchev–Trinajstić information content (AvgIpc) is 2.26. The maximum absolute atomic E-state index is 10.6. The molecule has 2 nitrogen and oxygen atoms in total. The molecule has 1 aromatic carbocycles. The van der Waals surface area contributed by atoms with Gasteiger partial charge in [-0.2, -0.15) is 0 Å². The third-order valence-electron chi connectivity index (χ3n) is 2.24. The number of aliphatic carboxylic acids is 1. The zero-order valence-corrected chi connectivity index (χ0v) is 8.73. The highest BCUT2D eigenvalue weighted by atomic mass is 16.4.